The van der Waals surface area contributed by atoms with E-state index in [0.29, 0.717) is 12.2 Å². The minimum atomic E-state index is 0.186. The van der Waals surface area contributed by atoms with Crippen LogP contribution in [0.4, 0.5) is 0 Å². The van der Waals surface area contributed by atoms with E-state index in [-0.39, 0.29) is 23.0 Å². The molecule has 3 aliphatic carbocycles. The molecule has 84 valence electrons. The maximum Gasteiger partial charge on any atom is 0.139 e. The summed E-state index contributed by atoms with van der Waals surface area (Å²) in [5.74, 6) is 1.83. The van der Waals surface area contributed by atoms with Gasteiger partial charge in [0.1, 0.15) is 11.6 Å². The van der Waals surface area contributed by atoms with Crippen LogP contribution in [0.15, 0.2) is 0 Å². The molecule has 3 atom stereocenters. The molecular weight excluding hydrogens is 188 g/mol. The van der Waals surface area contributed by atoms with Crippen molar-refractivity contribution in [3.63, 3.8) is 0 Å². The summed E-state index contributed by atoms with van der Waals surface area (Å²) in [5, 5.41) is 0. The zero-order valence-corrected chi connectivity index (χ0v) is 9.88. The Bertz CT molecular complexity index is 304. The van der Waals surface area contributed by atoms with Gasteiger partial charge in [0.2, 0.25) is 0 Å². The Hall–Kier alpha value is -0.660. The van der Waals surface area contributed by atoms with Gasteiger partial charge in [0.25, 0.3) is 0 Å². The van der Waals surface area contributed by atoms with Gasteiger partial charge in [-0.2, -0.15) is 0 Å². The number of hydrogen-bond acceptors (Lipinski definition) is 2. The molecule has 2 heteroatoms. The van der Waals surface area contributed by atoms with Crippen LogP contribution in [0.1, 0.15) is 46.5 Å². The lowest BCUT2D eigenvalue weighted by Crippen LogP contribution is -2.56. The summed E-state index contributed by atoms with van der Waals surface area (Å²) in [6.45, 7) is 6.04. The highest BCUT2D eigenvalue weighted by Crippen LogP contribution is 2.59. The lowest BCUT2D eigenvalue weighted by molar-refractivity contribution is -0.157. The van der Waals surface area contributed by atoms with Crippen LogP contribution in [-0.4, -0.2) is 11.6 Å². The molecule has 0 N–H and O–H groups in total. The molecule has 0 aliphatic heterocycles. The largest absolute Gasteiger partial charge is 0.300 e. The normalized spacial score (nSPS) is 37.3. The van der Waals surface area contributed by atoms with Crippen LogP contribution < -0.4 is 0 Å². The maximum atomic E-state index is 12.1. The van der Waals surface area contributed by atoms with E-state index < -0.39 is 0 Å². The fourth-order valence-corrected chi connectivity index (χ4v) is 3.28. The van der Waals surface area contributed by atoms with E-state index in [4.69, 9.17) is 0 Å². The Morgan fingerprint density at radius 2 is 2.07 bits per heavy atom. The molecule has 15 heavy (non-hydrogen) atoms. The summed E-state index contributed by atoms with van der Waals surface area (Å²) in [6.07, 6.45) is 3.49. The third kappa shape index (κ3) is 1.64. The van der Waals surface area contributed by atoms with Gasteiger partial charge < -0.3 is 4.79 Å². The topological polar surface area (TPSA) is 34.1 Å². The molecule has 3 aliphatic rings. The zero-order chi connectivity index (χ0) is 11.2. The second-order valence-electron chi connectivity index (χ2n) is 5.88. The lowest BCUT2D eigenvalue weighted by atomic mass is 9.46. The van der Waals surface area contributed by atoms with Crippen molar-refractivity contribution in [1.82, 2.24) is 0 Å². The predicted octanol–water partition coefficient (Wildman–Crippen LogP) is 2.61. The molecule has 3 saturated carbocycles. The number of rotatable bonds is 3. The Balaban J connectivity index is 1.97. The van der Waals surface area contributed by atoms with Crippen molar-refractivity contribution in [2.75, 3.05) is 0 Å². The van der Waals surface area contributed by atoms with E-state index in [1.165, 1.54) is 0 Å². The van der Waals surface area contributed by atoms with Crippen molar-refractivity contribution < 1.29 is 9.59 Å². The van der Waals surface area contributed by atoms with E-state index in [0.717, 1.165) is 25.2 Å². The second kappa shape index (κ2) is 3.43. The van der Waals surface area contributed by atoms with Crippen LogP contribution in [0.2, 0.25) is 0 Å². The summed E-state index contributed by atoms with van der Waals surface area (Å²) >= 11 is 0. The van der Waals surface area contributed by atoms with Crippen LogP contribution in [0.25, 0.3) is 0 Å². The summed E-state index contributed by atoms with van der Waals surface area (Å²) in [7, 11) is 0. The van der Waals surface area contributed by atoms with Crippen molar-refractivity contribution in [1.29, 1.82) is 0 Å². The molecule has 0 radical (unpaired) electrons. The molecule has 0 saturated heterocycles. The fourth-order valence-electron chi connectivity index (χ4n) is 3.28. The van der Waals surface area contributed by atoms with Gasteiger partial charge in [-0.1, -0.05) is 13.8 Å². The van der Waals surface area contributed by atoms with Crippen LogP contribution in [-0.2, 0) is 9.59 Å². The highest BCUT2D eigenvalue weighted by molar-refractivity contribution is 5.87. The molecule has 3 rings (SSSR count). The molecular formula is C13H20O2. The molecule has 0 spiro atoms. The van der Waals surface area contributed by atoms with Gasteiger partial charge in [-0.05, 0) is 37.5 Å². The van der Waals surface area contributed by atoms with E-state index >= 15 is 0 Å². The van der Waals surface area contributed by atoms with Crippen molar-refractivity contribution in [3.05, 3.63) is 0 Å². The molecule has 3 fully saturated rings. The van der Waals surface area contributed by atoms with Gasteiger partial charge in [-0.3, -0.25) is 4.79 Å². The SMILES string of the molecule is CC(=O)CCC1CC2CC(C1=O)C2(C)C. The second-order valence-corrected chi connectivity index (χ2v) is 5.88. The van der Waals surface area contributed by atoms with E-state index in [2.05, 4.69) is 13.8 Å². The first-order chi connectivity index (χ1) is 6.93. The van der Waals surface area contributed by atoms with Gasteiger partial charge in [-0.15, -0.1) is 0 Å². The predicted molar refractivity (Wildman–Crippen MR) is 58.4 cm³/mol. The van der Waals surface area contributed by atoms with Crippen molar-refractivity contribution in [2.24, 2.45) is 23.2 Å². The van der Waals surface area contributed by atoms with Crippen LogP contribution >= 0.6 is 0 Å². The zero-order valence-electron chi connectivity index (χ0n) is 9.88. The molecule has 0 aromatic heterocycles. The average Bonchev–Trinajstić information content (AvgIpc) is 2.15. The van der Waals surface area contributed by atoms with E-state index in [1.807, 2.05) is 0 Å². The van der Waals surface area contributed by atoms with Gasteiger partial charge >= 0.3 is 0 Å². The van der Waals surface area contributed by atoms with E-state index in [9.17, 15) is 9.59 Å². The monoisotopic (exact) mass is 208 g/mol. The smallest absolute Gasteiger partial charge is 0.139 e. The van der Waals surface area contributed by atoms with Gasteiger partial charge in [0.05, 0.1) is 0 Å². The van der Waals surface area contributed by atoms with Crippen molar-refractivity contribution in [2.45, 2.75) is 46.5 Å². The van der Waals surface area contributed by atoms with Crippen LogP contribution in [0.5, 0.6) is 0 Å². The van der Waals surface area contributed by atoms with Gasteiger partial charge in [0, 0.05) is 18.3 Å². The molecule has 2 bridgehead atoms. The lowest BCUT2D eigenvalue weighted by Gasteiger charge is -2.57. The minimum absolute atomic E-state index is 0.186. The molecule has 0 aromatic rings. The number of ketones is 2. The Morgan fingerprint density at radius 1 is 1.40 bits per heavy atom. The Kier molecular flexibility index (Phi) is 2.48. The molecule has 3 unspecified atom stereocenters. The average molecular weight is 208 g/mol. The summed E-state index contributed by atoms with van der Waals surface area (Å²) in [6, 6.07) is 0. The third-order valence-electron chi connectivity index (χ3n) is 4.63. The van der Waals surface area contributed by atoms with Crippen molar-refractivity contribution >= 4 is 11.6 Å². The number of Topliss-reactive ketones (excluding diaryl/α,β-unsaturated/α-hetero) is 2. The third-order valence-corrected chi connectivity index (χ3v) is 4.63. The minimum Gasteiger partial charge on any atom is -0.300 e. The number of carbonyl (C=O) groups is 2. The first-order valence-corrected chi connectivity index (χ1v) is 5.96. The molecule has 2 nitrogen and oxygen atoms in total. The number of hydrogen-bond donors (Lipinski definition) is 0. The van der Waals surface area contributed by atoms with Crippen LogP contribution in [0, 0.1) is 23.2 Å². The Morgan fingerprint density at radius 3 is 2.53 bits per heavy atom. The first kappa shape index (κ1) is 10.8. The molecule has 0 amide bonds. The Labute approximate surface area is 91.4 Å². The molecule has 0 heterocycles. The maximum absolute atomic E-state index is 12.1. The van der Waals surface area contributed by atoms with Crippen molar-refractivity contribution in [3.8, 4) is 0 Å². The quantitative estimate of drug-likeness (QED) is 0.714. The fraction of sp³-hybridized carbons (Fsp3) is 0.846. The van der Waals surface area contributed by atoms with Gasteiger partial charge in [-0.25, -0.2) is 0 Å². The first-order valence-electron chi connectivity index (χ1n) is 5.96. The standard InChI is InChI=1S/C13H20O2/c1-8(14)4-5-9-6-10-7-11(12(9)15)13(10,2)3/h9-11H,4-7H2,1-3H3. The number of fused-ring (bicyclic) bond motifs is 2. The summed E-state index contributed by atoms with van der Waals surface area (Å²) in [5.41, 5.74) is 0.240. The summed E-state index contributed by atoms with van der Waals surface area (Å²) < 4.78 is 0. The highest BCUT2D eigenvalue weighted by Gasteiger charge is 2.57. The molecule has 0 aromatic carbocycles. The van der Waals surface area contributed by atoms with Crippen LogP contribution in [0.3, 0.4) is 0 Å². The highest BCUT2D eigenvalue weighted by atomic mass is 16.1. The summed E-state index contributed by atoms with van der Waals surface area (Å²) in [4.78, 5) is 23.0. The number of carbonyl (C=O) groups excluding carboxylic acids is 2. The van der Waals surface area contributed by atoms with Gasteiger partial charge in [0.15, 0.2) is 0 Å². The van der Waals surface area contributed by atoms with E-state index in [1.54, 1.807) is 6.92 Å².